The molecule has 0 bridgehead atoms. The number of nitrogens with zero attached hydrogens (tertiary/aromatic N) is 6. The highest BCUT2D eigenvalue weighted by atomic mass is 16.5. The van der Waals surface area contributed by atoms with E-state index in [9.17, 15) is 0 Å². The largest absolute Gasteiger partial charge is 0.494 e. The van der Waals surface area contributed by atoms with Gasteiger partial charge < -0.3 is 14.6 Å². The number of imidazole rings is 1. The molecule has 0 spiro atoms. The van der Waals surface area contributed by atoms with Gasteiger partial charge in [-0.1, -0.05) is 6.08 Å². The summed E-state index contributed by atoms with van der Waals surface area (Å²) in [5.41, 5.74) is 5.00. The second-order valence-corrected chi connectivity index (χ2v) is 9.97. The third-order valence-corrected chi connectivity index (χ3v) is 6.18. The molecule has 0 unspecified atom stereocenters. The number of methoxy groups -OCH3 is 1. The van der Waals surface area contributed by atoms with Gasteiger partial charge in [-0.15, -0.1) is 10.2 Å². The lowest BCUT2D eigenvalue weighted by molar-refractivity contribution is 0.134. The molecule has 0 aromatic carbocycles. The fraction of sp³-hybridized carbons (Fsp3) is 0.458. The van der Waals surface area contributed by atoms with E-state index in [2.05, 4.69) is 68.8 Å². The van der Waals surface area contributed by atoms with E-state index in [-0.39, 0.29) is 11.1 Å². The van der Waals surface area contributed by atoms with Crippen LogP contribution in [0.5, 0.6) is 5.75 Å². The highest BCUT2D eigenvalue weighted by molar-refractivity contribution is 6.11. The summed E-state index contributed by atoms with van der Waals surface area (Å²) in [6, 6.07) is 4.21. The van der Waals surface area contributed by atoms with Crippen LogP contribution < -0.4 is 10.1 Å². The van der Waals surface area contributed by atoms with Crippen molar-refractivity contribution >= 4 is 23.0 Å². The van der Waals surface area contributed by atoms with Crippen LogP contribution in [-0.2, 0) is 0 Å². The van der Waals surface area contributed by atoms with Gasteiger partial charge in [0.05, 0.1) is 20.0 Å². The number of hydrogen-bond donors (Lipinski definition) is 1. The smallest absolute Gasteiger partial charge is 0.182 e. The van der Waals surface area contributed by atoms with Crippen molar-refractivity contribution in [2.45, 2.75) is 57.7 Å². The van der Waals surface area contributed by atoms with E-state index in [0.717, 1.165) is 35.1 Å². The molecule has 2 aliphatic heterocycles. The van der Waals surface area contributed by atoms with Crippen LogP contribution >= 0.6 is 0 Å². The van der Waals surface area contributed by atoms with E-state index >= 15 is 0 Å². The van der Waals surface area contributed by atoms with E-state index in [1.54, 1.807) is 7.11 Å². The normalized spacial score (nSPS) is 20.0. The molecule has 1 N–H and O–H groups in total. The first-order chi connectivity index (χ1) is 15.2. The molecule has 8 nitrogen and oxygen atoms in total. The SMILES string of the molecule is COc1cc(C2=CCN=C2)cnc1-c1cc2ncn(C3CC(C)(C)NC(C)(C)C3)c2nn1. The van der Waals surface area contributed by atoms with Crippen molar-refractivity contribution in [2.24, 2.45) is 4.99 Å². The summed E-state index contributed by atoms with van der Waals surface area (Å²) >= 11 is 0. The van der Waals surface area contributed by atoms with Crippen LogP contribution in [0, 0.1) is 0 Å². The summed E-state index contributed by atoms with van der Waals surface area (Å²) in [7, 11) is 1.64. The van der Waals surface area contributed by atoms with Gasteiger partial charge in [-0.3, -0.25) is 4.99 Å². The van der Waals surface area contributed by atoms with E-state index < -0.39 is 0 Å². The van der Waals surface area contributed by atoms with Crippen molar-refractivity contribution in [2.75, 3.05) is 13.7 Å². The molecule has 3 aromatic rings. The molecule has 8 heteroatoms. The Kier molecular flexibility index (Phi) is 4.85. The quantitative estimate of drug-likeness (QED) is 0.675. The lowest BCUT2D eigenvalue weighted by Gasteiger charge is -2.46. The summed E-state index contributed by atoms with van der Waals surface area (Å²) in [4.78, 5) is 13.5. The third kappa shape index (κ3) is 3.79. The van der Waals surface area contributed by atoms with Crippen LogP contribution in [-0.4, -0.2) is 55.7 Å². The summed E-state index contributed by atoms with van der Waals surface area (Å²) in [6.45, 7) is 9.70. The molecule has 5 rings (SSSR count). The first kappa shape index (κ1) is 20.8. The molecule has 5 heterocycles. The van der Waals surface area contributed by atoms with E-state index in [0.29, 0.717) is 29.7 Å². The van der Waals surface area contributed by atoms with Crippen molar-refractivity contribution in [3.05, 3.63) is 36.3 Å². The molecule has 0 radical (unpaired) electrons. The van der Waals surface area contributed by atoms with Crippen LogP contribution in [0.4, 0.5) is 0 Å². The number of rotatable bonds is 4. The molecule has 3 aromatic heterocycles. The van der Waals surface area contributed by atoms with Crippen LogP contribution in [0.1, 0.15) is 52.1 Å². The molecule has 1 fully saturated rings. The maximum atomic E-state index is 5.62. The number of fused-ring (bicyclic) bond motifs is 1. The van der Waals surface area contributed by atoms with Gasteiger partial charge in [0.25, 0.3) is 0 Å². The average molecular weight is 432 g/mol. The molecule has 0 aliphatic carbocycles. The molecule has 166 valence electrons. The Morgan fingerprint density at radius 3 is 2.53 bits per heavy atom. The number of ether oxygens (including phenoxy) is 1. The summed E-state index contributed by atoms with van der Waals surface area (Å²) in [5, 5.41) is 12.8. The molecule has 1 saturated heterocycles. The summed E-state index contributed by atoms with van der Waals surface area (Å²) in [5.74, 6) is 0.652. The zero-order chi connectivity index (χ0) is 22.5. The highest BCUT2D eigenvalue weighted by Gasteiger charge is 2.39. The number of aromatic nitrogens is 5. The van der Waals surface area contributed by atoms with Gasteiger partial charge >= 0.3 is 0 Å². The predicted molar refractivity (Wildman–Crippen MR) is 126 cm³/mol. The molecular weight excluding hydrogens is 402 g/mol. The monoisotopic (exact) mass is 431 g/mol. The highest BCUT2D eigenvalue weighted by Crippen LogP contribution is 2.37. The van der Waals surface area contributed by atoms with Gasteiger partial charge in [0, 0.05) is 35.1 Å². The second-order valence-electron chi connectivity index (χ2n) is 9.97. The lowest BCUT2D eigenvalue weighted by atomic mass is 9.79. The van der Waals surface area contributed by atoms with Crippen LogP contribution in [0.15, 0.2) is 35.7 Å². The zero-order valence-corrected chi connectivity index (χ0v) is 19.3. The van der Waals surface area contributed by atoms with Gasteiger partial charge in [0.2, 0.25) is 0 Å². The van der Waals surface area contributed by atoms with E-state index in [1.807, 2.05) is 30.9 Å². The van der Waals surface area contributed by atoms with Crippen molar-refractivity contribution in [1.29, 1.82) is 0 Å². The minimum Gasteiger partial charge on any atom is -0.494 e. The molecule has 0 atom stereocenters. The number of aliphatic imine (C=N–C) groups is 1. The van der Waals surface area contributed by atoms with Gasteiger partial charge in [0.1, 0.15) is 22.7 Å². The summed E-state index contributed by atoms with van der Waals surface area (Å²) < 4.78 is 7.80. The maximum Gasteiger partial charge on any atom is 0.182 e. The molecule has 32 heavy (non-hydrogen) atoms. The Labute approximate surface area is 187 Å². The third-order valence-electron chi connectivity index (χ3n) is 6.18. The van der Waals surface area contributed by atoms with Gasteiger partial charge in [-0.05, 0) is 58.2 Å². The molecular formula is C24H29N7O. The average Bonchev–Trinajstić information content (AvgIpc) is 3.40. The standard InChI is InChI=1S/C24H29N7O/c1-23(2)10-17(11-24(3,4)30-23)31-14-27-19-9-18(28-29-22(19)31)21-20(32-5)8-16(13-26-21)15-6-7-25-12-15/h6,8-9,12-14,17,30H,7,10-11H2,1-5H3. The topological polar surface area (TPSA) is 90.1 Å². The Morgan fingerprint density at radius 1 is 1.06 bits per heavy atom. The number of hydrogen-bond acceptors (Lipinski definition) is 7. The number of allylic oxidation sites excluding steroid dienone is 1. The number of piperidine rings is 1. The fourth-order valence-corrected chi connectivity index (χ4v) is 5.18. The van der Waals surface area contributed by atoms with Crippen LogP contribution in [0.3, 0.4) is 0 Å². The van der Waals surface area contributed by atoms with Crippen molar-refractivity contribution in [1.82, 2.24) is 30.0 Å². The molecule has 0 amide bonds. The number of pyridine rings is 1. The van der Waals surface area contributed by atoms with Gasteiger partial charge in [-0.2, -0.15) is 0 Å². The number of nitrogens with one attached hydrogen (secondary N) is 1. The maximum absolute atomic E-state index is 5.62. The Morgan fingerprint density at radius 2 is 1.84 bits per heavy atom. The van der Waals surface area contributed by atoms with Crippen LogP contribution in [0.25, 0.3) is 28.1 Å². The molecule has 0 saturated carbocycles. The first-order valence-electron chi connectivity index (χ1n) is 11.0. The van der Waals surface area contributed by atoms with E-state index in [4.69, 9.17) is 4.74 Å². The van der Waals surface area contributed by atoms with Crippen LogP contribution in [0.2, 0.25) is 0 Å². The fourth-order valence-electron chi connectivity index (χ4n) is 5.18. The van der Waals surface area contributed by atoms with Crippen molar-refractivity contribution in [3.8, 4) is 17.1 Å². The Balaban J connectivity index is 1.50. The summed E-state index contributed by atoms with van der Waals surface area (Å²) in [6.07, 6.45) is 9.65. The lowest BCUT2D eigenvalue weighted by Crippen LogP contribution is -2.57. The van der Waals surface area contributed by atoms with Gasteiger partial charge in [-0.25, -0.2) is 9.97 Å². The first-order valence-corrected chi connectivity index (χ1v) is 11.0. The van der Waals surface area contributed by atoms with Crippen molar-refractivity contribution < 1.29 is 4.74 Å². The molecule has 2 aliphatic rings. The van der Waals surface area contributed by atoms with Crippen molar-refractivity contribution in [3.63, 3.8) is 0 Å². The van der Waals surface area contributed by atoms with E-state index in [1.165, 1.54) is 0 Å². The minimum absolute atomic E-state index is 0.0366. The Bertz CT molecular complexity index is 1220. The Hall–Kier alpha value is -3.13. The second kappa shape index (κ2) is 7.48. The van der Waals surface area contributed by atoms with Gasteiger partial charge in [0.15, 0.2) is 5.65 Å². The minimum atomic E-state index is 0.0366. The predicted octanol–water partition coefficient (Wildman–Crippen LogP) is 3.85. The zero-order valence-electron chi connectivity index (χ0n) is 19.3.